The molecule has 9 heteroatoms. The highest BCUT2D eigenvalue weighted by Crippen LogP contribution is 2.48. The lowest BCUT2D eigenvalue weighted by Gasteiger charge is -2.32. The molecule has 0 radical (unpaired) electrons. The minimum absolute atomic E-state index is 0.0449. The highest BCUT2D eigenvalue weighted by Gasteiger charge is 2.32. The van der Waals surface area contributed by atoms with E-state index >= 15 is 0 Å². The van der Waals surface area contributed by atoms with E-state index in [0.717, 1.165) is 49.7 Å². The van der Waals surface area contributed by atoms with Crippen molar-refractivity contribution in [1.29, 1.82) is 0 Å². The quantitative estimate of drug-likeness (QED) is 0.0720. The molecule has 1 aromatic carbocycles. The zero-order valence-corrected chi connectivity index (χ0v) is 23.2. The number of aromatic hydroxyl groups is 1. The molecule has 2 N–H and O–H groups in total. The monoisotopic (exact) mass is 524 g/mol. The molecule has 2 rings (SSSR count). The fourth-order valence-corrected chi connectivity index (χ4v) is 5.47. The van der Waals surface area contributed by atoms with Gasteiger partial charge in [0.05, 0.1) is 6.10 Å². The Labute approximate surface area is 214 Å². The Bertz CT molecular complexity index is 1000. The summed E-state index contributed by atoms with van der Waals surface area (Å²) in [5.74, 6) is 0.0733. The zero-order valence-electron chi connectivity index (χ0n) is 22.3. The maximum atomic E-state index is 12.7. The van der Waals surface area contributed by atoms with Crippen LogP contribution in [0.4, 0.5) is 4.79 Å². The van der Waals surface area contributed by atoms with E-state index in [1.807, 2.05) is 13.8 Å². The number of carbonyl (C=O) groups is 1. The number of rotatable bonds is 12. The third-order valence-electron chi connectivity index (χ3n) is 6.04. The first kappa shape index (κ1) is 30.1. The number of aryl methyl sites for hydroxylation is 1. The molecule has 36 heavy (non-hydrogen) atoms. The average molecular weight is 525 g/mol. The summed E-state index contributed by atoms with van der Waals surface area (Å²) >= 11 is 0. The number of benzene rings is 1. The smallest absolute Gasteiger partial charge is 0.507 e. The second kappa shape index (κ2) is 13.4. The van der Waals surface area contributed by atoms with Gasteiger partial charge in [0.2, 0.25) is 6.29 Å². The van der Waals surface area contributed by atoms with Crippen LogP contribution in [0.5, 0.6) is 11.5 Å². The molecule has 1 aliphatic carbocycles. The minimum Gasteiger partial charge on any atom is -0.507 e. The lowest BCUT2D eigenvalue weighted by atomic mass is 9.73. The fraction of sp³-hybridized carbons (Fsp3) is 0.593. The van der Waals surface area contributed by atoms with Crippen LogP contribution in [0.15, 0.2) is 35.9 Å². The number of phenolic OH excluding ortho intramolecular Hbond substituents is 1. The van der Waals surface area contributed by atoms with Gasteiger partial charge in [0, 0.05) is 11.5 Å². The van der Waals surface area contributed by atoms with Crippen LogP contribution >= 0.6 is 7.82 Å². The number of phosphoric acid groups is 1. The van der Waals surface area contributed by atoms with Crippen LogP contribution in [0.3, 0.4) is 0 Å². The van der Waals surface area contributed by atoms with Crippen molar-refractivity contribution in [2.45, 2.75) is 98.4 Å². The largest absolute Gasteiger partial charge is 0.516 e. The Morgan fingerprint density at radius 3 is 2.53 bits per heavy atom. The lowest BCUT2D eigenvalue weighted by molar-refractivity contribution is -0.0570. The van der Waals surface area contributed by atoms with Gasteiger partial charge in [-0.15, -0.1) is 0 Å². The van der Waals surface area contributed by atoms with Crippen molar-refractivity contribution >= 4 is 14.0 Å². The van der Waals surface area contributed by atoms with E-state index in [2.05, 4.69) is 19.6 Å². The maximum absolute atomic E-state index is 12.7. The summed E-state index contributed by atoms with van der Waals surface area (Å²) in [6.07, 6.45) is 4.54. The molecule has 0 fully saturated rings. The molecule has 4 atom stereocenters. The van der Waals surface area contributed by atoms with E-state index in [9.17, 15) is 19.4 Å². The van der Waals surface area contributed by atoms with E-state index in [4.69, 9.17) is 18.5 Å². The molecule has 0 heterocycles. The van der Waals surface area contributed by atoms with E-state index in [-0.39, 0.29) is 23.3 Å². The molecular formula is C27H41O8P. The molecule has 0 aliphatic heterocycles. The number of phenols is 1. The third kappa shape index (κ3) is 9.07. The van der Waals surface area contributed by atoms with Crippen LogP contribution in [-0.2, 0) is 24.8 Å². The molecule has 202 valence electrons. The molecule has 0 aromatic heterocycles. The highest BCUT2D eigenvalue weighted by molar-refractivity contribution is 7.47. The van der Waals surface area contributed by atoms with E-state index < -0.39 is 26.4 Å². The minimum atomic E-state index is -4.42. The fourth-order valence-electron chi connectivity index (χ4n) is 4.47. The van der Waals surface area contributed by atoms with Gasteiger partial charge in [-0.1, -0.05) is 43.6 Å². The molecular weight excluding hydrogens is 483 g/mol. The van der Waals surface area contributed by atoms with Crippen molar-refractivity contribution in [3.63, 3.8) is 0 Å². The number of unbranched alkanes of at least 4 members (excludes halogenated alkanes) is 2. The predicted octanol–water partition coefficient (Wildman–Crippen LogP) is 7.54. The van der Waals surface area contributed by atoms with Crippen molar-refractivity contribution in [3.8, 4) is 11.5 Å². The lowest BCUT2D eigenvalue weighted by Crippen LogP contribution is -2.23. The third-order valence-corrected chi connectivity index (χ3v) is 7.30. The molecule has 0 saturated carbocycles. The first-order valence-electron chi connectivity index (χ1n) is 12.6. The van der Waals surface area contributed by atoms with Crippen LogP contribution in [0.25, 0.3) is 0 Å². The second-order valence-electron chi connectivity index (χ2n) is 9.78. The molecule has 0 amide bonds. The SMILES string of the molecule is C=C(C)[C@@H]1CCC(C)=C[C@H]1c1c(O)cc(CCCCC)cc1OC(=O)OC(C)OP(=O)(O)OC(C)C. The normalized spacial score (nSPS) is 20.4. The Balaban J connectivity index is 2.35. The first-order valence-corrected chi connectivity index (χ1v) is 14.1. The number of allylic oxidation sites excluding steroid dienone is 3. The van der Waals surface area contributed by atoms with Crippen LogP contribution in [0.2, 0.25) is 0 Å². The average Bonchev–Trinajstić information content (AvgIpc) is 2.71. The summed E-state index contributed by atoms with van der Waals surface area (Å²) < 4.78 is 32.4. The number of hydrogen-bond donors (Lipinski definition) is 2. The molecule has 0 bridgehead atoms. The highest BCUT2D eigenvalue weighted by atomic mass is 31.2. The summed E-state index contributed by atoms with van der Waals surface area (Å²) in [5, 5.41) is 11.1. The molecule has 1 aromatic rings. The number of carbonyl (C=O) groups excluding carboxylic acids is 1. The molecule has 0 spiro atoms. The van der Waals surface area contributed by atoms with Crippen molar-refractivity contribution in [2.24, 2.45) is 5.92 Å². The maximum Gasteiger partial charge on any atom is 0.516 e. The van der Waals surface area contributed by atoms with E-state index in [1.165, 1.54) is 12.5 Å². The van der Waals surface area contributed by atoms with Gasteiger partial charge in [-0.3, -0.25) is 4.52 Å². The summed E-state index contributed by atoms with van der Waals surface area (Å²) in [7, 11) is -4.42. The van der Waals surface area contributed by atoms with Gasteiger partial charge in [0.25, 0.3) is 0 Å². The Morgan fingerprint density at radius 2 is 1.92 bits per heavy atom. The van der Waals surface area contributed by atoms with Gasteiger partial charge in [0.1, 0.15) is 11.5 Å². The molecule has 1 aliphatic rings. The summed E-state index contributed by atoms with van der Waals surface area (Å²) in [6, 6.07) is 3.48. The summed E-state index contributed by atoms with van der Waals surface area (Å²) in [4.78, 5) is 22.5. The molecule has 0 saturated heterocycles. The van der Waals surface area contributed by atoms with Gasteiger partial charge < -0.3 is 19.5 Å². The first-order chi connectivity index (χ1) is 16.8. The van der Waals surface area contributed by atoms with Gasteiger partial charge >= 0.3 is 14.0 Å². The van der Waals surface area contributed by atoms with Crippen molar-refractivity contribution in [1.82, 2.24) is 0 Å². The predicted molar refractivity (Wildman–Crippen MR) is 139 cm³/mol. The Hall–Kier alpha value is -2.12. The van der Waals surface area contributed by atoms with Crippen molar-refractivity contribution in [3.05, 3.63) is 47.1 Å². The zero-order chi connectivity index (χ0) is 27.0. The van der Waals surface area contributed by atoms with Crippen LogP contribution < -0.4 is 4.74 Å². The summed E-state index contributed by atoms with van der Waals surface area (Å²) in [5.41, 5.74) is 3.49. The van der Waals surface area contributed by atoms with Crippen LogP contribution in [0.1, 0.15) is 90.7 Å². The molecule has 2 unspecified atom stereocenters. The van der Waals surface area contributed by atoms with Crippen molar-refractivity contribution in [2.75, 3.05) is 0 Å². The van der Waals surface area contributed by atoms with Gasteiger partial charge in [-0.2, -0.15) is 0 Å². The number of phosphoric ester groups is 1. The number of ether oxygens (including phenoxy) is 2. The van der Waals surface area contributed by atoms with Gasteiger partial charge in [-0.05, 0) is 83.9 Å². The standard InChI is InChI=1S/C27H41O8P/c1-8-9-10-11-21-15-24(28)26(23-14-19(6)12-13-22(23)17(2)3)25(16-21)33-27(29)32-20(7)35-36(30,31)34-18(4)5/h14-16,18,20,22-23,28H,2,8-13H2,1,3-7H3,(H,30,31)/t20?,22-,23+/m0/s1. The second-order valence-corrected chi connectivity index (χ2v) is 11.1. The van der Waals surface area contributed by atoms with E-state index in [0.29, 0.717) is 5.56 Å². The van der Waals surface area contributed by atoms with Crippen LogP contribution in [-0.4, -0.2) is 28.5 Å². The number of hydrogen-bond acceptors (Lipinski definition) is 7. The van der Waals surface area contributed by atoms with Gasteiger partial charge in [-0.25, -0.2) is 13.9 Å². The van der Waals surface area contributed by atoms with Gasteiger partial charge in [0.15, 0.2) is 0 Å². The Kier molecular flexibility index (Phi) is 11.2. The van der Waals surface area contributed by atoms with Crippen LogP contribution in [0, 0.1) is 5.92 Å². The summed E-state index contributed by atoms with van der Waals surface area (Å²) in [6.45, 7) is 14.7. The van der Waals surface area contributed by atoms with Crippen molar-refractivity contribution < 1.29 is 37.9 Å². The van der Waals surface area contributed by atoms with E-state index in [1.54, 1.807) is 26.0 Å². The Morgan fingerprint density at radius 1 is 1.22 bits per heavy atom. The molecule has 8 nitrogen and oxygen atoms in total. The topological polar surface area (TPSA) is 112 Å².